The zero-order chi connectivity index (χ0) is 14.9. The van der Waals surface area contributed by atoms with E-state index in [2.05, 4.69) is 0 Å². The average molecular weight is 278 g/mol. The van der Waals surface area contributed by atoms with Gasteiger partial charge < -0.3 is 15.4 Å². The van der Waals surface area contributed by atoms with Gasteiger partial charge >= 0.3 is 6.09 Å². The van der Waals surface area contributed by atoms with Crippen molar-refractivity contribution in [2.24, 2.45) is 5.73 Å². The molecule has 1 aliphatic heterocycles. The van der Waals surface area contributed by atoms with E-state index in [9.17, 15) is 13.6 Å². The Morgan fingerprint density at radius 1 is 1.37 bits per heavy atom. The number of ether oxygens (including phenoxy) is 1. The average Bonchev–Trinajstić information content (AvgIpc) is 2.10. The molecule has 1 amide bonds. The maximum atomic E-state index is 13.1. The molecule has 0 spiro atoms. The van der Waals surface area contributed by atoms with Crippen molar-refractivity contribution in [3.8, 4) is 0 Å². The molecule has 0 saturated carbocycles. The molecule has 19 heavy (non-hydrogen) atoms. The van der Waals surface area contributed by atoms with Crippen molar-refractivity contribution in [1.29, 1.82) is 0 Å². The third kappa shape index (κ3) is 5.72. The molecular formula is C13H24F2N2O2. The summed E-state index contributed by atoms with van der Waals surface area (Å²) in [6, 6.07) is 0. The van der Waals surface area contributed by atoms with Crippen molar-refractivity contribution in [2.45, 2.75) is 64.0 Å². The second-order valence-corrected chi connectivity index (χ2v) is 6.61. The molecule has 6 heteroatoms. The summed E-state index contributed by atoms with van der Waals surface area (Å²) in [6.45, 7) is 6.78. The normalized spacial score (nSPS) is 25.3. The molecule has 4 nitrogen and oxygen atoms in total. The number of likely N-dealkylation sites (tertiary alicyclic amines) is 1. The number of hydrogen-bond acceptors (Lipinski definition) is 3. The molecule has 1 atom stereocenters. The molecule has 0 bridgehead atoms. The van der Waals surface area contributed by atoms with Crippen molar-refractivity contribution in [1.82, 2.24) is 4.90 Å². The fourth-order valence-electron chi connectivity index (χ4n) is 2.41. The van der Waals surface area contributed by atoms with Gasteiger partial charge in [-0.05, 0) is 40.5 Å². The third-order valence-corrected chi connectivity index (χ3v) is 2.92. The van der Waals surface area contributed by atoms with Gasteiger partial charge in [-0.2, -0.15) is 0 Å². The lowest BCUT2D eigenvalue weighted by molar-refractivity contribution is -0.0300. The Kier molecular flexibility index (Phi) is 4.44. The first kappa shape index (κ1) is 16.1. The molecule has 1 fully saturated rings. The highest BCUT2D eigenvalue weighted by Crippen LogP contribution is 2.31. The van der Waals surface area contributed by atoms with Gasteiger partial charge in [-0.15, -0.1) is 0 Å². The summed E-state index contributed by atoms with van der Waals surface area (Å²) < 4.78 is 31.5. The van der Waals surface area contributed by atoms with E-state index in [1.807, 2.05) is 0 Å². The van der Waals surface area contributed by atoms with Crippen LogP contribution in [0, 0.1) is 0 Å². The summed E-state index contributed by atoms with van der Waals surface area (Å²) in [5.41, 5.74) is 4.38. The Hall–Kier alpha value is -0.910. The van der Waals surface area contributed by atoms with E-state index in [-0.39, 0.29) is 6.54 Å². The Morgan fingerprint density at radius 2 is 1.95 bits per heavy atom. The first-order valence-electron chi connectivity index (χ1n) is 6.55. The molecule has 2 N–H and O–H groups in total. The number of carbonyl (C=O) groups excluding carboxylic acids is 1. The SMILES string of the molecule is CC(F)(F)CC1(N)CCCN(C(=O)OC(C)(C)C)C1. The molecule has 0 aromatic heterocycles. The van der Waals surface area contributed by atoms with Crippen LogP contribution in [0.3, 0.4) is 0 Å². The summed E-state index contributed by atoms with van der Waals surface area (Å²) in [4.78, 5) is 13.4. The van der Waals surface area contributed by atoms with Crippen molar-refractivity contribution in [3.05, 3.63) is 0 Å². The van der Waals surface area contributed by atoms with E-state index >= 15 is 0 Å². The number of halogens is 2. The molecule has 0 aliphatic carbocycles. The molecular weight excluding hydrogens is 254 g/mol. The van der Waals surface area contributed by atoms with Crippen LogP contribution in [0.15, 0.2) is 0 Å². The Labute approximate surface area is 113 Å². The number of rotatable bonds is 2. The van der Waals surface area contributed by atoms with Crippen LogP contribution < -0.4 is 5.73 Å². The number of amides is 1. The maximum Gasteiger partial charge on any atom is 0.410 e. The fraction of sp³-hybridized carbons (Fsp3) is 0.923. The molecule has 0 aromatic rings. The number of carbonyl (C=O) groups is 1. The topological polar surface area (TPSA) is 55.6 Å². The summed E-state index contributed by atoms with van der Waals surface area (Å²) in [5.74, 6) is -2.83. The largest absolute Gasteiger partial charge is 0.444 e. The lowest BCUT2D eigenvalue weighted by atomic mass is 9.85. The second-order valence-electron chi connectivity index (χ2n) is 6.61. The highest BCUT2D eigenvalue weighted by molar-refractivity contribution is 5.68. The molecule has 1 saturated heterocycles. The highest BCUT2D eigenvalue weighted by Gasteiger charge is 2.41. The van der Waals surface area contributed by atoms with Crippen LogP contribution in [-0.2, 0) is 4.74 Å². The summed E-state index contributed by atoms with van der Waals surface area (Å²) in [5, 5.41) is 0. The minimum absolute atomic E-state index is 0.116. The third-order valence-electron chi connectivity index (χ3n) is 2.92. The zero-order valence-corrected chi connectivity index (χ0v) is 12.1. The Morgan fingerprint density at radius 3 is 2.42 bits per heavy atom. The molecule has 0 aromatic carbocycles. The summed E-state index contributed by atoms with van der Waals surface area (Å²) in [7, 11) is 0. The fourth-order valence-corrected chi connectivity index (χ4v) is 2.41. The summed E-state index contributed by atoms with van der Waals surface area (Å²) >= 11 is 0. The standard InChI is InChI=1S/C13H24F2N2O2/c1-11(2,3)19-10(18)17-7-5-6-13(16,9-17)8-12(4,14)15/h5-9,16H2,1-4H3. The van der Waals surface area contributed by atoms with Gasteiger partial charge in [-0.3, -0.25) is 0 Å². The zero-order valence-electron chi connectivity index (χ0n) is 12.1. The van der Waals surface area contributed by atoms with Crippen molar-refractivity contribution >= 4 is 6.09 Å². The van der Waals surface area contributed by atoms with Gasteiger partial charge in [0.15, 0.2) is 0 Å². The Balaban J connectivity index is 2.66. The quantitative estimate of drug-likeness (QED) is 0.845. The second kappa shape index (κ2) is 5.23. The van der Waals surface area contributed by atoms with Gasteiger partial charge in [-0.25, -0.2) is 13.6 Å². The number of nitrogens with two attached hydrogens (primary N) is 1. The van der Waals surface area contributed by atoms with Crippen LogP contribution in [0.2, 0.25) is 0 Å². The van der Waals surface area contributed by atoms with Crippen LogP contribution in [0.25, 0.3) is 0 Å². The number of nitrogens with zero attached hydrogens (tertiary/aromatic N) is 1. The van der Waals surface area contributed by atoms with E-state index in [1.165, 1.54) is 4.90 Å². The van der Waals surface area contributed by atoms with Gasteiger partial charge in [0.1, 0.15) is 5.60 Å². The number of piperidine rings is 1. The van der Waals surface area contributed by atoms with Gasteiger partial charge in [0, 0.05) is 25.0 Å². The lowest BCUT2D eigenvalue weighted by Gasteiger charge is -2.41. The van der Waals surface area contributed by atoms with E-state index in [1.54, 1.807) is 20.8 Å². The predicted molar refractivity (Wildman–Crippen MR) is 69.2 cm³/mol. The number of alkyl halides is 2. The molecule has 1 heterocycles. The smallest absolute Gasteiger partial charge is 0.410 e. The first-order valence-corrected chi connectivity index (χ1v) is 6.55. The van der Waals surface area contributed by atoms with Crippen LogP contribution in [0.4, 0.5) is 13.6 Å². The van der Waals surface area contributed by atoms with Crippen LogP contribution in [0.5, 0.6) is 0 Å². The van der Waals surface area contributed by atoms with Crippen LogP contribution in [-0.4, -0.2) is 41.1 Å². The summed E-state index contributed by atoms with van der Waals surface area (Å²) in [6.07, 6.45) is 0.211. The van der Waals surface area contributed by atoms with Crippen LogP contribution in [0.1, 0.15) is 47.0 Å². The monoisotopic (exact) mass is 278 g/mol. The minimum atomic E-state index is -2.83. The van der Waals surface area contributed by atoms with E-state index in [0.717, 1.165) is 6.92 Å². The highest BCUT2D eigenvalue weighted by atomic mass is 19.3. The van der Waals surface area contributed by atoms with Gasteiger partial charge in [0.2, 0.25) is 5.92 Å². The van der Waals surface area contributed by atoms with Crippen molar-refractivity contribution < 1.29 is 18.3 Å². The van der Waals surface area contributed by atoms with Gasteiger partial charge in [0.25, 0.3) is 0 Å². The molecule has 1 rings (SSSR count). The van der Waals surface area contributed by atoms with Crippen LogP contribution >= 0.6 is 0 Å². The molecule has 1 unspecified atom stereocenters. The lowest BCUT2D eigenvalue weighted by Crippen LogP contribution is -2.58. The maximum absolute atomic E-state index is 13.1. The van der Waals surface area contributed by atoms with E-state index in [4.69, 9.17) is 10.5 Å². The predicted octanol–water partition coefficient (Wildman–Crippen LogP) is 2.76. The van der Waals surface area contributed by atoms with Gasteiger partial charge in [-0.1, -0.05) is 0 Å². The minimum Gasteiger partial charge on any atom is -0.444 e. The van der Waals surface area contributed by atoms with Crippen molar-refractivity contribution in [2.75, 3.05) is 13.1 Å². The van der Waals surface area contributed by atoms with Gasteiger partial charge in [0.05, 0.1) is 0 Å². The molecule has 0 radical (unpaired) electrons. The van der Waals surface area contributed by atoms with E-state index in [0.29, 0.717) is 19.4 Å². The number of hydrogen-bond donors (Lipinski definition) is 1. The molecule has 1 aliphatic rings. The molecule has 112 valence electrons. The Bertz CT molecular complexity index is 337. The first-order chi connectivity index (χ1) is 8.40. The van der Waals surface area contributed by atoms with Crippen molar-refractivity contribution in [3.63, 3.8) is 0 Å². The van der Waals surface area contributed by atoms with E-state index < -0.39 is 29.6 Å².